The van der Waals surface area contributed by atoms with Gasteiger partial charge in [0.15, 0.2) is 11.5 Å². The van der Waals surface area contributed by atoms with Crippen LogP contribution in [0.3, 0.4) is 0 Å². The molecular weight excluding hydrogens is 292 g/mol. The molecule has 6 heteroatoms. The van der Waals surface area contributed by atoms with Crippen LogP contribution in [0.1, 0.15) is 31.2 Å². The average Bonchev–Trinajstić information content (AvgIpc) is 2.95. The molecule has 1 aromatic rings. The summed E-state index contributed by atoms with van der Waals surface area (Å²) < 4.78 is 5.11. The summed E-state index contributed by atoms with van der Waals surface area (Å²) in [6.45, 7) is 0.606. The summed E-state index contributed by atoms with van der Waals surface area (Å²) in [4.78, 5) is 13.3. The van der Waals surface area contributed by atoms with Gasteiger partial charge in [-0.1, -0.05) is 24.4 Å². The number of hydrogen-bond donors (Lipinski definition) is 2. The minimum absolute atomic E-state index is 0.0642. The molecular formula is C15H21ClN2O3. The van der Waals surface area contributed by atoms with Crippen molar-refractivity contribution in [1.82, 2.24) is 4.90 Å². The highest BCUT2D eigenvalue weighted by molar-refractivity contribution is 6.30. The SMILES string of the molecule is COc1cc(Cl)cc(CN(CC(N)=O)C2CCCC2)c1O. The molecule has 1 fully saturated rings. The summed E-state index contributed by atoms with van der Waals surface area (Å²) in [6.07, 6.45) is 4.41. The van der Waals surface area contributed by atoms with Gasteiger partial charge in [-0.15, -0.1) is 0 Å². The molecule has 0 bridgehead atoms. The van der Waals surface area contributed by atoms with Gasteiger partial charge < -0.3 is 15.6 Å². The first kappa shape index (κ1) is 15.9. The van der Waals surface area contributed by atoms with E-state index in [1.54, 1.807) is 12.1 Å². The highest BCUT2D eigenvalue weighted by atomic mass is 35.5. The van der Waals surface area contributed by atoms with Crippen molar-refractivity contribution < 1.29 is 14.6 Å². The number of amides is 1. The molecule has 0 heterocycles. The molecule has 5 nitrogen and oxygen atoms in total. The van der Waals surface area contributed by atoms with Crippen LogP contribution in [-0.2, 0) is 11.3 Å². The number of halogens is 1. The predicted octanol–water partition coefficient (Wildman–Crippen LogP) is 2.28. The number of phenols is 1. The molecule has 0 spiro atoms. The number of rotatable bonds is 6. The van der Waals surface area contributed by atoms with Crippen LogP contribution in [-0.4, -0.2) is 35.6 Å². The van der Waals surface area contributed by atoms with Gasteiger partial charge in [0, 0.05) is 29.2 Å². The van der Waals surface area contributed by atoms with Gasteiger partial charge >= 0.3 is 0 Å². The lowest BCUT2D eigenvalue weighted by Gasteiger charge is -2.28. The van der Waals surface area contributed by atoms with E-state index in [0.29, 0.717) is 28.9 Å². The number of carbonyl (C=O) groups is 1. The molecule has 0 aliphatic heterocycles. The van der Waals surface area contributed by atoms with E-state index in [2.05, 4.69) is 0 Å². The summed E-state index contributed by atoms with van der Waals surface area (Å²) in [5, 5.41) is 10.7. The summed E-state index contributed by atoms with van der Waals surface area (Å²) in [6, 6.07) is 3.58. The second kappa shape index (κ2) is 7.00. The Bertz CT molecular complexity index is 516. The standard InChI is InChI=1S/C15H21ClN2O3/c1-21-13-7-11(16)6-10(15(13)20)8-18(9-14(17)19)12-4-2-3-5-12/h6-7,12,20H,2-5,8-9H2,1H3,(H2,17,19). The second-order valence-electron chi connectivity index (χ2n) is 5.43. The molecule has 1 aromatic carbocycles. The van der Waals surface area contributed by atoms with Crippen molar-refractivity contribution >= 4 is 17.5 Å². The fraction of sp³-hybridized carbons (Fsp3) is 0.533. The molecule has 1 amide bonds. The Hall–Kier alpha value is -1.46. The molecule has 1 aliphatic carbocycles. The Kier molecular flexibility index (Phi) is 5.31. The third-order valence-electron chi connectivity index (χ3n) is 3.91. The van der Waals surface area contributed by atoms with Crippen LogP contribution in [0.4, 0.5) is 0 Å². The Morgan fingerprint density at radius 1 is 1.48 bits per heavy atom. The number of hydrogen-bond acceptors (Lipinski definition) is 4. The number of nitrogens with two attached hydrogens (primary N) is 1. The van der Waals surface area contributed by atoms with Crippen molar-refractivity contribution in [2.45, 2.75) is 38.3 Å². The molecule has 3 N–H and O–H groups in total. The maximum Gasteiger partial charge on any atom is 0.231 e. The summed E-state index contributed by atoms with van der Waals surface area (Å²) in [5.74, 6) is 0.0349. The lowest BCUT2D eigenvalue weighted by atomic mass is 10.1. The highest BCUT2D eigenvalue weighted by Crippen LogP contribution is 2.35. The van der Waals surface area contributed by atoms with Gasteiger partial charge in [0.2, 0.25) is 5.91 Å². The van der Waals surface area contributed by atoms with Crippen LogP contribution >= 0.6 is 11.6 Å². The summed E-state index contributed by atoms with van der Waals surface area (Å²) in [7, 11) is 1.48. The minimum atomic E-state index is -0.365. The van der Waals surface area contributed by atoms with Crippen LogP contribution in [0.5, 0.6) is 11.5 Å². The fourth-order valence-corrected chi connectivity index (χ4v) is 3.14. The van der Waals surface area contributed by atoms with Crippen LogP contribution < -0.4 is 10.5 Å². The number of methoxy groups -OCH3 is 1. The number of benzene rings is 1. The molecule has 0 radical (unpaired) electrons. The largest absolute Gasteiger partial charge is 0.504 e. The first-order chi connectivity index (χ1) is 10.0. The smallest absolute Gasteiger partial charge is 0.231 e. The molecule has 1 aliphatic rings. The molecule has 0 aromatic heterocycles. The molecule has 0 unspecified atom stereocenters. The van der Waals surface area contributed by atoms with E-state index in [9.17, 15) is 9.90 Å². The van der Waals surface area contributed by atoms with E-state index in [1.807, 2.05) is 4.90 Å². The van der Waals surface area contributed by atoms with Crippen molar-refractivity contribution in [3.63, 3.8) is 0 Å². The summed E-state index contributed by atoms with van der Waals surface area (Å²) >= 11 is 6.05. The van der Waals surface area contributed by atoms with E-state index >= 15 is 0 Å². The van der Waals surface area contributed by atoms with Gasteiger partial charge in [-0.25, -0.2) is 0 Å². The number of phenolic OH excluding ortho intramolecular Hbond substituents is 1. The van der Waals surface area contributed by atoms with Crippen molar-refractivity contribution in [3.8, 4) is 11.5 Å². The maximum atomic E-state index is 11.3. The van der Waals surface area contributed by atoms with E-state index in [-0.39, 0.29) is 18.2 Å². The van der Waals surface area contributed by atoms with E-state index in [4.69, 9.17) is 22.1 Å². The van der Waals surface area contributed by atoms with Gasteiger partial charge in [-0.3, -0.25) is 9.69 Å². The van der Waals surface area contributed by atoms with Crippen molar-refractivity contribution in [3.05, 3.63) is 22.7 Å². The quantitative estimate of drug-likeness (QED) is 0.845. The molecule has 1 saturated carbocycles. The number of nitrogens with zero attached hydrogens (tertiary/aromatic N) is 1. The zero-order valence-electron chi connectivity index (χ0n) is 12.1. The fourth-order valence-electron chi connectivity index (χ4n) is 2.91. The van der Waals surface area contributed by atoms with Crippen LogP contribution in [0.25, 0.3) is 0 Å². The Morgan fingerprint density at radius 3 is 2.71 bits per heavy atom. The topological polar surface area (TPSA) is 75.8 Å². The predicted molar refractivity (Wildman–Crippen MR) is 81.5 cm³/mol. The number of carbonyl (C=O) groups excluding carboxylic acids is 1. The molecule has 116 valence electrons. The first-order valence-electron chi connectivity index (χ1n) is 7.09. The zero-order chi connectivity index (χ0) is 15.4. The maximum absolute atomic E-state index is 11.3. The third kappa shape index (κ3) is 4.02. The first-order valence-corrected chi connectivity index (χ1v) is 7.46. The highest BCUT2D eigenvalue weighted by Gasteiger charge is 2.25. The van der Waals surface area contributed by atoms with Crippen LogP contribution in [0.15, 0.2) is 12.1 Å². The monoisotopic (exact) mass is 312 g/mol. The van der Waals surface area contributed by atoms with Gasteiger partial charge in [0.25, 0.3) is 0 Å². The van der Waals surface area contributed by atoms with Crippen LogP contribution in [0.2, 0.25) is 5.02 Å². The Labute approximate surface area is 129 Å². The van der Waals surface area contributed by atoms with E-state index in [1.165, 1.54) is 7.11 Å². The Morgan fingerprint density at radius 2 is 2.14 bits per heavy atom. The third-order valence-corrected chi connectivity index (χ3v) is 4.13. The zero-order valence-corrected chi connectivity index (χ0v) is 12.9. The normalized spacial score (nSPS) is 15.6. The molecule has 21 heavy (non-hydrogen) atoms. The summed E-state index contributed by atoms with van der Waals surface area (Å²) in [5.41, 5.74) is 5.99. The Balaban J connectivity index is 2.23. The average molecular weight is 313 g/mol. The van der Waals surface area contributed by atoms with Gasteiger partial charge in [0.1, 0.15) is 0 Å². The van der Waals surface area contributed by atoms with E-state index in [0.717, 1.165) is 25.7 Å². The van der Waals surface area contributed by atoms with Crippen LogP contribution in [0, 0.1) is 0 Å². The number of primary amides is 1. The van der Waals surface area contributed by atoms with E-state index < -0.39 is 0 Å². The molecule has 0 saturated heterocycles. The number of aromatic hydroxyl groups is 1. The minimum Gasteiger partial charge on any atom is -0.504 e. The molecule has 2 rings (SSSR count). The lowest BCUT2D eigenvalue weighted by Crippen LogP contribution is -2.39. The van der Waals surface area contributed by atoms with Crippen molar-refractivity contribution in [2.24, 2.45) is 5.73 Å². The second-order valence-corrected chi connectivity index (χ2v) is 5.86. The number of ether oxygens (including phenoxy) is 1. The van der Waals surface area contributed by atoms with Gasteiger partial charge in [-0.2, -0.15) is 0 Å². The lowest BCUT2D eigenvalue weighted by molar-refractivity contribution is -0.119. The van der Waals surface area contributed by atoms with Crippen molar-refractivity contribution in [2.75, 3.05) is 13.7 Å². The van der Waals surface area contributed by atoms with Gasteiger partial charge in [-0.05, 0) is 18.9 Å². The van der Waals surface area contributed by atoms with Crippen molar-refractivity contribution in [1.29, 1.82) is 0 Å². The molecule has 0 atom stereocenters. The van der Waals surface area contributed by atoms with Gasteiger partial charge in [0.05, 0.1) is 13.7 Å².